The molecule has 0 unspecified atom stereocenters. The third-order valence-corrected chi connectivity index (χ3v) is 5.41. The second kappa shape index (κ2) is 8.54. The van der Waals surface area contributed by atoms with Gasteiger partial charge in [-0.25, -0.2) is 4.98 Å². The number of oxazole rings is 1. The van der Waals surface area contributed by atoms with Gasteiger partial charge in [0, 0.05) is 21.7 Å². The molecule has 4 aromatic carbocycles. The molecule has 0 saturated heterocycles. The lowest BCUT2D eigenvalue weighted by Gasteiger charge is -2.10. The highest BCUT2D eigenvalue weighted by Crippen LogP contribution is 2.32. The zero-order valence-electron chi connectivity index (χ0n) is 16.6. The lowest BCUT2D eigenvalue weighted by Crippen LogP contribution is -2.20. The molecular weight excluding hydrogens is 447 g/mol. The maximum atomic E-state index is 12.5. The lowest BCUT2D eigenvalue weighted by atomic mass is 10.1. The van der Waals surface area contributed by atoms with Crippen LogP contribution in [0.15, 0.2) is 83.3 Å². The molecule has 0 atom stereocenters. The van der Waals surface area contributed by atoms with Crippen LogP contribution in [0.5, 0.6) is 5.75 Å². The van der Waals surface area contributed by atoms with Gasteiger partial charge >= 0.3 is 0 Å². The predicted octanol–water partition coefficient (Wildman–Crippen LogP) is 6.97. The van der Waals surface area contributed by atoms with Crippen molar-refractivity contribution in [3.8, 4) is 17.2 Å². The molecule has 5 rings (SSSR count). The second-order valence-electron chi connectivity index (χ2n) is 7.15. The fourth-order valence-corrected chi connectivity index (χ4v) is 4.00. The SMILES string of the molecule is O=C(COc1cccc2ccccc12)Nc1cccc(-c2nc3cc(Cl)cc(Cl)c3o2)c1. The normalized spacial score (nSPS) is 11.1. The van der Waals surface area contributed by atoms with Crippen LogP contribution >= 0.6 is 23.2 Å². The van der Waals surface area contributed by atoms with E-state index in [2.05, 4.69) is 10.3 Å². The van der Waals surface area contributed by atoms with Crippen molar-refractivity contribution in [1.29, 1.82) is 0 Å². The number of aromatic nitrogens is 1. The van der Waals surface area contributed by atoms with Crippen LogP contribution in [0, 0.1) is 0 Å². The summed E-state index contributed by atoms with van der Waals surface area (Å²) in [6, 6.07) is 24.1. The highest BCUT2D eigenvalue weighted by atomic mass is 35.5. The van der Waals surface area contributed by atoms with Crippen LogP contribution in [0.2, 0.25) is 10.0 Å². The van der Waals surface area contributed by atoms with E-state index in [1.54, 1.807) is 30.3 Å². The molecule has 0 aliphatic rings. The highest BCUT2D eigenvalue weighted by Gasteiger charge is 2.13. The van der Waals surface area contributed by atoms with Crippen molar-refractivity contribution in [2.24, 2.45) is 0 Å². The molecule has 1 aromatic heterocycles. The van der Waals surface area contributed by atoms with E-state index >= 15 is 0 Å². The predicted molar refractivity (Wildman–Crippen MR) is 128 cm³/mol. The van der Waals surface area contributed by atoms with Gasteiger partial charge in [0.1, 0.15) is 11.3 Å². The van der Waals surface area contributed by atoms with Gasteiger partial charge in [-0.2, -0.15) is 0 Å². The molecule has 0 radical (unpaired) electrons. The van der Waals surface area contributed by atoms with Gasteiger partial charge in [0.15, 0.2) is 12.2 Å². The Bertz CT molecular complexity index is 1460. The molecule has 0 bridgehead atoms. The van der Waals surface area contributed by atoms with E-state index in [1.165, 1.54) is 0 Å². The second-order valence-corrected chi connectivity index (χ2v) is 7.99. The molecule has 1 heterocycles. The standard InChI is InChI=1S/C25H16Cl2N2O3/c26-17-12-20(27)24-21(13-17)29-25(32-24)16-7-3-8-18(11-16)28-23(30)14-31-22-10-4-6-15-5-1-2-9-19(15)22/h1-13H,14H2,(H,28,30). The van der Waals surface area contributed by atoms with Gasteiger partial charge in [-0.15, -0.1) is 0 Å². The summed E-state index contributed by atoms with van der Waals surface area (Å²) in [5, 5.41) is 5.73. The van der Waals surface area contributed by atoms with Crippen molar-refractivity contribution in [3.63, 3.8) is 0 Å². The number of hydrogen-bond donors (Lipinski definition) is 1. The van der Waals surface area contributed by atoms with Gasteiger partial charge in [-0.1, -0.05) is 65.7 Å². The number of rotatable bonds is 5. The number of fused-ring (bicyclic) bond motifs is 2. The van der Waals surface area contributed by atoms with Gasteiger partial charge in [-0.05, 0) is 41.8 Å². The number of nitrogens with zero attached hydrogens (tertiary/aromatic N) is 1. The van der Waals surface area contributed by atoms with E-state index in [0.29, 0.717) is 44.0 Å². The van der Waals surface area contributed by atoms with Gasteiger partial charge in [0.2, 0.25) is 5.89 Å². The first kappa shape index (κ1) is 20.4. The average Bonchev–Trinajstić information content (AvgIpc) is 3.22. The average molecular weight is 463 g/mol. The van der Waals surface area contributed by atoms with E-state index in [-0.39, 0.29) is 12.5 Å². The minimum Gasteiger partial charge on any atom is -0.483 e. The summed E-state index contributed by atoms with van der Waals surface area (Å²) in [6.45, 7) is -0.116. The Hall–Kier alpha value is -3.54. The maximum absolute atomic E-state index is 12.5. The topological polar surface area (TPSA) is 64.4 Å². The molecule has 1 amide bonds. The van der Waals surface area contributed by atoms with Crippen LogP contribution in [0.4, 0.5) is 5.69 Å². The van der Waals surface area contributed by atoms with Gasteiger partial charge < -0.3 is 14.5 Å². The minimum atomic E-state index is -0.275. The summed E-state index contributed by atoms with van der Waals surface area (Å²) in [7, 11) is 0. The van der Waals surface area contributed by atoms with E-state index < -0.39 is 0 Å². The van der Waals surface area contributed by atoms with Gasteiger partial charge in [-0.3, -0.25) is 4.79 Å². The molecule has 5 aromatic rings. The van der Waals surface area contributed by atoms with Gasteiger partial charge in [0.25, 0.3) is 5.91 Å². The van der Waals surface area contributed by atoms with E-state index in [4.69, 9.17) is 32.4 Å². The molecule has 32 heavy (non-hydrogen) atoms. The summed E-state index contributed by atoms with van der Waals surface area (Å²) < 4.78 is 11.6. The number of amides is 1. The number of halogens is 2. The molecule has 1 N–H and O–H groups in total. The summed E-state index contributed by atoms with van der Waals surface area (Å²) in [6.07, 6.45) is 0. The Morgan fingerprint density at radius 2 is 1.78 bits per heavy atom. The third kappa shape index (κ3) is 4.13. The maximum Gasteiger partial charge on any atom is 0.262 e. The Kier molecular flexibility index (Phi) is 5.43. The highest BCUT2D eigenvalue weighted by molar-refractivity contribution is 6.38. The summed E-state index contributed by atoms with van der Waals surface area (Å²) in [4.78, 5) is 16.9. The molecule has 5 nitrogen and oxygen atoms in total. The monoisotopic (exact) mass is 462 g/mol. The molecule has 0 saturated carbocycles. The fraction of sp³-hybridized carbons (Fsp3) is 0.0400. The number of hydrogen-bond acceptors (Lipinski definition) is 4. The zero-order valence-corrected chi connectivity index (χ0v) is 18.2. The summed E-state index contributed by atoms with van der Waals surface area (Å²) in [5.41, 5.74) is 2.32. The number of nitrogens with one attached hydrogen (secondary N) is 1. The Labute approximate surface area is 193 Å². The molecule has 7 heteroatoms. The number of ether oxygens (including phenoxy) is 1. The first-order chi connectivity index (χ1) is 15.6. The molecule has 0 aliphatic carbocycles. The molecule has 0 aliphatic heterocycles. The first-order valence-corrected chi connectivity index (χ1v) is 10.6. The van der Waals surface area contributed by atoms with Crippen molar-refractivity contribution in [1.82, 2.24) is 4.98 Å². The van der Waals surface area contributed by atoms with Crippen molar-refractivity contribution in [3.05, 3.63) is 88.9 Å². The molecule has 0 fully saturated rings. The number of carbonyl (C=O) groups is 1. The molecule has 0 spiro atoms. The van der Waals surface area contributed by atoms with Crippen molar-refractivity contribution in [2.45, 2.75) is 0 Å². The van der Waals surface area contributed by atoms with E-state index in [0.717, 1.165) is 10.8 Å². The quantitative estimate of drug-likeness (QED) is 0.306. The minimum absolute atomic E-state index is 0.116. The fourth-order valence-electron chi connectivity index (χ4n) is 3.48. The first-order valence-electron chi connectivity index (χ1n) is 9.83. The number of anilines is 1. The lowest BCUT2D eigenvalue weighted by molar-refractivity contribution is -0.118. The zero-order chi connectivity index (χ0) is 22.1. The van der Waals surface area contributed by atoms with E-state index in [9.17, 15) is 4.79 Å². The van der Waals surface area contributed by atoms with Crippen LogP contribution in [-0.4, -0.2) is 17.5 Å². The number of carbonyl (C=O) groups excluding carboxylic acids is 1. The number of benzene rings is 4. The van der Waals surface area contributed by atoms with E-state index in [1.807, 2.05) is 48.5 Å². The molecule has 158 valence electrons. The van der Waals surface area contributed by atoms with Crippen LogP contribution in [0.25, 0.3) is 33.3 Å². The Morgan fingerprint density at radius 1 is 0.969 bits per heavy atom. The van der Waals surface area contributed by atoms with Crippen LogP contribution in [-0.2, 0) is 4.79 Å². The van der Waals surface area contributed by atoms with Crippen LogP contribution in [0.1, 0.15) is 0 Å². The van der Waals surface area contributed by atoms with Crippen molar-refractivity contribution < 1.29 is 13.9 Å². The van der Waals surface area contributed by atoms with Gasteiger partial charge in [0.05, 0.1) is 5.02 Å². The van der Waals surface area contributed by atoms with Crippen LogP contribution in [0.3, 0.4) is 0 Å². The smallest absolute Gasteiger partial charge is 0.262 e. The van der Waals surface area contributed by atoms with Crippen LogP contribution < -0.4 is 10.1 Å². The summed E-state index contributed by atoms with van der Waals surface area (Å²) >= 11 is 12.2. The summed E-state index contributed by atoms with van der Waals surface area (Å²) in [5.74, 6) is 0.767. The third-order valence-electron chi connectivity index (χ3n) is 4.91. The largest absolute Gasteiger partial charge is 0.483 e. The Morgan fingerprint density at radius 3 is 2.69 bits per heavy atom. The van der Waals surface area contributed by atoms with Crippen molar-refractivity contribution in [2.75, 3.05) is 11.9 Å². The Balaban J connectivity index is 1.32. The van der Waals surface area contributed by atoms with Crippen molar-refractivity contribution >= 4 is 56.7 Å². The molecular formula is C25H16Cl2N2O3.